The molecule has 0 aromatic heterocycles. The Kier molecular flexibility index (Phi) is 7.23. The lowest BCUT2D eigenvalue weighted by Gasteiger charge is -2.18. The highest BCUT2D eigenvalue weighted by molar-refractivity contribution is 6.32. The van der Waals surface area contributed by atoms with Crippen molar-refractivity contribution in [3.8, 4) is 5.75 Å². The zero-order valence-electron chi connectivity index (χ0n) is 12.6. The lowest BCUT2D eigenvalue weighted by atomic mass is 10.2. The molecule has 0 bridgehead atoms. The predicted molar refractivity (Wildman–Crippen MR) is 85.7 cm³/mol. The van der Waals surface area contributed by atoms with Crippen LogP contribution in [0.2, 0.25) is 5.02 Å². The van der Waals surface area contributed by atoms with Gasteiger partial charge < -0.3 is 15.4 Å². The highest BCUT2D eigenvalue weighted by Crippen LogP contribution is 2.23. The number of nitrogens with zero attached hydrogens (tertiary/aromatic N) is 1. The predicted octanol–water partition coefficient (Wildman–Crippen LogP) is 2.93. The number of para-hydroxylation sites is 1. The molecule has 1 aromatic rings. The Labute approximate surface area is 126 Å². The molecule has 0 aliphatic rings. The topological polar surface area (TPSA) is 45.7 Å². The number of ether oxygens (including phenoxy) is 1. The third-order valence-corrected chi connectivity index (χ3v) is 2.94. The van der Waals surface area contributed by atoms with Gasteiger partial charge in [-0.15, -0.1) is 0 Å². The van der Waals surface area contributed by atoms with Gasteiger partial charge in [0.1, 0.15) is 11.9 Å². The maximum atomic E-state index is 6.06. The smallest absolute Gasteiger partial charge is 0.191 e. The molecule has 1 unspecified atom stereocenters. The molecule has 5 heteroatoms. The monoisotopic (exact) mass is 297 g/mol. The Morgan fingerprint density at radius 2 is 1.85 bits per heavy atom. The average molecular weight is 298 g/mol. The van der Waals surface area contributed by atoms with Crippen LogP contribution in [-0.2, 0) is 0 Å². The highest BCUT2D eigenvalue weighted by Gasteiger charge is 2.08. The number of hydrogen-bond donors (Lipinski definition) is 2. The maximum Gasteiger partial charge on any atom is 0.191 e. The van der Waals surface area contributed by atoms with E-state index in [9.17, 15) is 0 Å². The van der Waals surface area contributed by atoms with E-state index in [0.29, 0.717) is 23.2 Å². The number of halogens is 1. The third kappa shape index (κ3) is 6.15. The highest BCUT2D eigenvalue weighted by atomic mass is 35.5. The number of aliphatic imine (C=N–C) groups is 1. The summed E-state index contributed by atoms with van der Waals surface area (Å²) in [6, 6.07) is 7.48. The van der Waals surface area contributed by atoms with Crippen LogP contribution in [0.25, 0.3) is 0 Å². The summed E-state index contributed by atoms with van der Waals surface area (Å²) >= 11 is 6.06. The summed E-state index contributed by atoms with van der Waals surface area (Å²) in [5.74, 6) is 2.06. The van der Waals surface area contributed by atoms with Gasteiger partial charge in [0, 0.05) is 13.6 Å². The van der Waals surface area contributed by atoms with Crippen LogP contribution in [-0.4, -0.2) is 32.2 Å². The minimum Gasteiger partial charge on any atom is -0.487 e. The summed E-state index contributed by atoms with van der Waals surface area (Å²) < 4.78 is 5.79. The molecule has 0 spiro atoms. The first-order chi connectivity index (χ1) is 9.52. The molecule has 1 aromatic carbocycles. The van der Waals surface area contributed by atoms with E-state index < -0.39 is 0 Å². The minimum atomic E-state index is -0.00694. The van der Waals surface area contributed by atoms with Crippen LogP contribution >= 0.6 is 11.6 Å². The zero-order chi connectivity index (χ0) is 15.0. The molecule has 1 rings (SSSR count). The second kappa shape index (κ2) is 8.69. The van der Waals surface area contributed by atoms with Gasteiger partial charge in [-0.3, -0.25) is 4.99 Å². The first-order valence-electron chi connectivity index (χ1n) is 6.88. The summed E-state index contributed by atoms with van der Waals surface area (Å²) in [5.41, 5.74) is 0. The SMILES string of the molecule is CN=C(NCC(C)C)NCC(C)Oc1ccccc1Cl. The van der Waals surface area contributed by atoms with Crippen LogP contribution in [0.1, 0.15) is 20.8 Å². The number of hydrogen-bond acceptors (Lipinski definition) is 2. The summed E-state index contributed by atoms with van der Waals surface area (Å²) in [4.78, 5) is 4.17. The van der Waals surface area contributed by atoms with E-state index in [-0.39, 0.29) is 6.10 Å². The zero-order valence-corrected chi connectivity index (χ0v) is 13.4. The normalized spacial score (nSPS) is 13.2. The fourth-order valence-electron chi connectivity index (χ4n) is 1.56. The fourth-order valence-corrected chi connectivity index (χ4v) is 1.74. The summed E-state index contributed by atoms with van der Waals surface area (Å²) in [7, 11) is 1.76. The first-order valence-corrected chi connectivity index (χ1v) is 7.26. The van der Waals surface area contributed by atoms with Crippen molar-refractivity contribution in [2.75, 3.05) is 20.1 Å². The largest absolute Gasteiger partial charge is 0.487 e. The standard InChI is InChI=1S/C15H24ClN3O/c1-11(2)9-18-15(17-4)19-10-12(3)20-14-8-6-5-7-13(14)16/h5-8,11-12H,9-10H2,1-4H3,(H2,17,18,19). The van der Waals surface area contributed by atoms with Crippen LogP contribution in [0.3, 0.4) is 0 Å². The molecular weight excluding hydrogens is 274 g/mol. The van der Waals surface area contributed by atoms with Crippen LogP contribution in [0, 0.1) is 5.92 Å². The molecule has 0 radical (unpaired) electrons. The van der Waals surface area contributed by atoms with Crippen molar-refractivity contribution in [3.05, 3.63) is 29.3 Å². The molecule has 1 atom stereocenters. The van der Waals surface area contributed by atoms with Crippen molar-refractivity contribution in [3.63, 3.8) is 0 Å². The summed E-state index contributed by atoms with van der Waals surface area (Å²) in [6.45, 7) is 7.85. The molecule has 2 N–H and O–H groups in total. The van der Waals surface area contributed by atoms with Gasteiger partial charge in [-0.2, -0.15) is 0 Å². The molecule has 0 amide bonds. The Hall–Kier alpha value is -1.42. The molecule has 0 heterocycles. The second-order valence-corrected chi connectivity index (χ2v) is 5.49. The van der Waals surface area contributed by atoms with Gasteiger partial charge in [-0.1, -0.05) is 37.6 Å². The van der Waals surface area contributed by atoms with Crippen molar-refractivity contribution >= 4 is 17.6 Å². The Morgan fingerprint density at radius 3 is 2.45 bits per heavy atom. The van der Waals surface area contributed by atoms with E-state index in [4.69, 9.17) is 16.3 Å². The van der Waals surface area contributed by atoms with E-state index in [2.05, 4.69) is 29.5 Å². The third-order valence-electron chi connectivity index (χ3n) is 2.62. The van der Waals surface area contributed by atoms with Gasteiger partial charge in [0.25, 0.3) is 0 Å². The van der Waals surface area contributed by atoms with E-state index in [0.717, 1.165) is 12.5 Å². The fraction of sp³-hybridized carbons (Fsp3) is 0.533. The van der Waals surface area contributed by atoms with Crippen LogP contribution in [0.5, 0.6) is 5.75 Å². The van der Waals surface area contributed by atoms with Gasteiger partial charge >= 0.3 is 0 Å². The summed E-state index contributed by atoms with van der Waals surface area (Å²) in [6.07, 6.45) is -0.00694. The lowest BCUT2D eigenvalue weighted by Crippen LogP contribution is -2.42. The number of benzene rings is 1. The first kappa shape index (κ1) is 16.6. The Morgan fingerprint density at radius 1 is 1.20 bits per heavy atom. The van der Waals surface area contributed by atoms with Crippen molar-refractivity contribution in [1.82, 2.24) is 10.6 Å². The molecule has 0 saturated carbocycles. The van der Waals surface area contributed by atoms with Gasteiger partial charge in [-0.25, -0.2) is 0 Å². The van der Waals surface area contributed by atoms with E-state index in [1.807, 2.05) is 31.2 Å². The number of nitrogens with one attached hydrogen (secondary N) is 2. The average Bonchev–Trinajstić information content (AvgIpc) is 2.41. The van der Waals surface area contributed by atoms with Crippen molar-refractivity contribution in [1.29, 1.82) is 0 Å². The van der Waals surface area contributed by atoms with E-state index >= 15 is 0 Å². The van der Waals surface area contributed by atoms with Crippen molar-refractivity contribution in [2.24, 2.45) is 10.9 Å². The molecule has 0 aliphatic carbocycles. The quantitative estimate of drug-likeness (QED) is 0.627. The van der Waals surface area contributed by atoms with Gasteiger partial charge in [0.15, 0.2) is 5.96 Å². The van der Waals surface area contributed by atoms with Crippen LogP contribution in [0.15, 0.2) is 29.3 Å². The summed E-state index contributed by atoms with van der Waals surface area (Å²) in [5, 5.41) is 7.12. The molecular formula is C15H24ClN3O. The minimum absolute atomic E-state index is 0.00694. The molecule has 4 nitrogen and oxygen atoms in total. The van der Waals surface area contributed by atoms with Crippen LogP contribution < -0.4 is 15.4 Å². The Balaban J connectivity index is 2.39. The number of rotatable bonds is 6. The molecule has 0 saturated heterocycles. The molecule has 112 valence electrons. The van der Waals surface area contributed by atoms with E-state index in [1.165, 1.54) is 0 Å². The molecule has 0 aliphatic heterocycles. The van der Waals surface area contributed by atoms with Gasteiger partial charge in [0.2, 0.25) is 0 Å². The van der Waals surface area contributed by atoms with Gasteiger partial charge in [0.05, 0.1) is 11.6 Å². The molecule has 0 fully saturated rings. The maximum absolute atomic E-state index is 6.06. The molecule has 20 heavy (non-hydrogen) atoms. The lowest BCUT2D eigenvalue weighted by molar-refractivity contribution is 0.224. The van der Waals surface area contributed by atoms with E-state index in [1.54, 1.807) is 7.05 Å². The number of guanidine groups is 1. The van der Waals surface area contributed by atoms with Crippen molar-refractivity contribution in [2.45, 2.75) is 26.9 Å². The van der Waals surface area contributed by atoms with Crippen LogP contribution in [0.4, 0.5) is 0 Å². The van der Waals surface area contributed by atoms with Crippen molar-refractivity contribution < 1.29 is 4.74 Å². The Bertz CT molecular complexity index is 435. The second-order valence-electron chi connectivity index (χ2n) is 5.09. The van der Waals surface area contributed by atoms with Gasteiger partial charge in [-0.05, 0) is 25.0 Å².